The lowest BCUT2D eigenvalue weighted by Gasteiger charge is -2.09. The SMILES string of the molecule is CC(CN)n1nnc2cc(Cl)c(Cl)cc21. The Bertz CT molecular complexity index is 494. The van der Waals surface area contributed by atoms with Crippen LogP contribution in [-0.2, 0) is 0 Å². The number of halogens is 2. The van der Waals surface area contributed by atoms with E-state index in [-0.39, 0.29) is 6.04 Å². The molecule has 0 saturated carbocycles. The van der Waals surface area contributed by atoms with Crippen LogP contribution in [0.1, 0.15) is 13.0 Å². The summed E-state index contributed by atoms with van der Waals surface area (Å²) in [6.45, 7) is 2.47. The standard InChI is InChI=1S/C9H10Cl2N4/c1-5(4-12)15-9-3-7(11)6(10)2-8(9)13-14-15/h2-3,5H,4,12H2,1H3. The third-order valence-corrected chi connectivity index (χ3v) is 2.99. The number of rotatable bonds is 2. The van der Waals surface area contributed by atoms with Gasteiger partial charge in [0, 0.05) is 6.54 Å². The molecule has 0 bridgehead atoms. The van der Waals surface area contributed by atoms with E-state index in [1.165, 1.54) is 0 Å². The minimum absolute atomic E-state index is 0.0900. The lowest BCUT2D eigenvalue weighted by atomic mass is 10.3. The summed E-state index contributed by atoms with van der Waals surface area (Å²) in [5.74, 6) is 0. The minimum atomic E-state index is 0.0900. The molecule has 15 heavy (non-hydrogen) atoms. The van der Waals surface area contributed by atoms with E-state index < -0.39 is 0 Å². The molecule has 1 atom stereocenters. The maximum absolute atomic E-state index is 5.93. The van der Waals surface area contributed by atoms with Gasteiger partial charge in [-0.1, -0.05) is 28.4 Å². The Hall–Kier alpha value is -0.840. The molecule has 2 aromatic rings. The summed E-state index contributed by atoms with van der Waals surface area (Å²) >= 11 is 11.8. The topological polar surface area (TPSA) is 56.7 Å². The van der Waals surface area contributed by atoms with Crippen molar-refractivity contribution in [3.8, 4) is 0 Å². The molecule has 0 spiro atoms. The van der Waals surface area contributed by atoms with Crippen molar-refractivity contribution in [1.29, 1.82) is 0 Å². The normalized spacial score (nSPS) is 13.3. The quantitative estimate of drug-likeness (QED) is 0.882. The van der Waals surface area contributed by atoms with Crippen LogP contribution in [0.25, 0.3) is 11.0 Å². The third-order valence-electron chi connectivity index (χ3n) is 2.27. The molecule has 1 aromatic heterocycles. The van der Waals surface area contributed by atoms with Crippen molar-refractivity contribution in [2.75, 3.05) is 6.54 Å². The van der Waals surface area contributed by atoms with E-state index in [2.05, 4.69) is 10.3 Å². The maximum Gasteiger partial charge on any atom is 0.114 e. The van der Waals surface area contributed by atoms with Gasteiger partial charge in [0.1, 0.15) is 5.52 Å². The molecular formula is C9H10Cl2N4. The maximum atomic E-state index is 5.93. The first-order valence-electron chi connectivity index (χ1n) is 4.53. The summed E-state index contributed by atoms with van der Waals surface area (Å²) in [4.78, 5) is 0. The zero-order valence-electron chi connectivity index (χ0n) is 8.11. The molecular weight excluding hydrogens is 235 g/mol. The Balaban J connectivity index is 2.64. The number of aromatic nitrogens is 3. The summed E-state index contributed by atoms with van der Waals surface area (Å²) in [5, 5.41) is 9.00. The molecule has 6 heteroatoms. The molecule has 0 saturated heterocycles. The fourth-order valence-electron chi connectivity index (χ4n) is 1.36. The van der Waals surface area contributed by atoms with Crippen molar-refractivity contribution in [2.45, 2.75) is 13.0 Å². The fraction of sp³-hybridized carbons (Fsp3) is 0.333. The van der Waals surface area contributed by atoms with Crippen molar-refractivity contribution in [3.05, 3.63) is 22.2 Å². The average molecular weight is 245 g/mol. The Morgan fingerprint density at radius 1 is 1.40 bits per heavy atom. The van der Waals surface area contributed by atoms with E-state index >= 15 is 0 Å². The molecule has 2 N–H and O–H groups in total. The van der Waals surface area contributed by atoms with Gasteiger partial charge >= 0.3 is 0 Å². The predicted octanol–water partition coefficient (Wildman–Crippen LogP) is 2.26. The molecule has 0 aliphatic carbocycles. The van der Waals surface area contributed by atoms with Crippen LogP contribution >= 0.6 is 23.2 Å². The van der Waals surface area contributed by atoms with Crippen LogP contribution in [0.3, 0.4) is 0 Å². The first kappa shape index (κ1) is 10.7. The molecule has 2 rings (SSSR count). The highest BCUT2D eigenvalue weighted by atomic mass is 35.5. The van der Waals surface area contributed by atoms with Gasteiger partial charge in [0.05, 0.1) is 21.6 Å². The lowest BCUT2D eigenvalue weighted by Crippen LogP contribution is -2.17. The summed E-state index contributed by atoms with van der Waals surface area (Å²) in [6.07, 6.45) is 0. The molecule has 1 unspecified atom stereocenters. The van der Waals surface area contributed by atoms with Crippen LogP contribution in [-0.4, -0.2) is 21.5 Å². The molecule has 1 heterocycles. The second kappa shape index (κ2) is 3.96. The van der Waals surface area contributed by atoms with Crippen molar-refractivity contribution in [3.63, 3.8) is 0 Å². The van der Waals surface area contributed by atoms with Crippen LogP contribution in [0.2, 0.25) is 10.0 Å². The van der Waals surface area contributed by atoms with E-state index in [1.807, 2.05) is 6.92 Å². The number of hydrogen-bond acceptors (Lipinski definition) is 3. The summed E-state index contributed by atoms with van der Waals surface area (Å²) in [5.41, 5.74) is 7.15. The molecule has 0 radical (unpaired) electrons. The molecule has 0 fully saturated rings. The Labute approximate surface area is 96.9 Å². The first-order chi connectivity index (χ1) is 7.13. The predicted molar refractivity (Wildman–Crippen MR) is 61.3 cm³/mol. The second-order valence-electron chi connectivity index (χ2n) is 3.37. The van der Waals surface area contributed by atoms with Crippen LogP contribution in [0.5, 0.6) is 0 Å². The summed E-state index contributed by atoms with van der Waals surface area (Å²) < 4.78 is 1.75. The Morgan fingerprint density at radius 2 is 2.07 bits per heavy atom. The number of nitrogens with two attached hydrogens (primary N) is 1. The van der Waals surface area contributed by atoms with Gasteiger partial charge in [-0.15, -0.1) is 5.10 Å². The van der Waals surface area contributed by atoms with Gasteiger partial charge in [-0.3, -0.25) is 0 Å². The van der Waals surface area contributed by atoms with Crippen LogP contribution in [0.15, 0.2) is 12.1 Å². The van der Waals surface area contributed by atoms with Crippen molar-refractivity contribution < 1.29 is 0 Å². The molecule has 0 aliphatic rings. The first-order valence-corrected chi connectivity index (χ1v) is 5.29. The van der Waals surface area contributed by atoms with E-state index in [4.69, 9.17) is 28.9 Å². The number of nitrogens with zero attached hydrogens (tertiary/aromatic N) is 3. The molecule has 0 amide bonds. The number of fused-ring (bicyclic) bond motifs is 1. The molecule has 1 aromatic carbocycles. The summed E-state index contributed by atoms with van der Waals surface area (Å²) in [7, 11) is 0. The Morgan fingerprint density at radius 3 is 2.73 bits per heavy atom. The van der Waals surface area contributed by atoms with E-state index in [0.29, 0.717) is 16.6 Å². The van der Waals surface area contributed by atoms with Gasteiger partial charge in [-0.05, 0) is 19.1 Å². The largest absolute Gasteiger partial charge is 0.328 e. The molecule has 4 nitrogen and oxygen atoms in total. The van der Waals surface area contributed by atoms with E-state index in [9.17, 15) is 0 Å². The highest BCUT2D eigenvalue weighted by Crippen LogP contribution is 2.27. The fourth-order valence-corrected chi connectivity index (χ4v) is 1.68. The van der Waals surface area contributed by atoms with Crippen molar-refractivity contribution in [1.82, 2.24) is 15.0 Å². The zero-order valence-corrected chi connectivity index (χ0v) is 9.63. The van der Waals surface area contributed by atoms with Gasteiger partial charge < -0.3 is 5.73 Å². The third kappa shape index (κ3) is 1.80. The van der Waals surface area contributed by atoms with Gasteiger partial charge in [-0.25, -0.2) is 4.68 Å². The van der Waals surface area contributed by atoms with E-state index in [1.54, 1.807) is 16.8 Å². The van der Waals surface area contributed by atoms with Crippen LogP contribution in [0.4, 0.5) is 0 Å². The van der Waals surface area contributed by atoms with Gasteiger partial charge in [0.25, 0.3) is 0 Å². The van der Waals surface area contributed by atoms with Crippen LogP contribution in [0, 0.1) is 0 Å². The van der Waals surface area contributed by atoms with E-state index in [0.717, 1.165) is 11.0 Å². The lowest BCUT2D eigenvalue weighted by molar-refractivity contribution is 0.500. The van der Waals surface area contributed by atoms with Gasteiger partial charge in [-0.2, -0.15) is 0 Å². The van der Waals surface area contributed by atoms with Crippen molar-refractivity contribution >= 4 is 34.2 Å². The zero-order chi connectivity index (χ0) is 11.0. The highest BCUT2D eigenvalue weighted by Gasteiger charge is 2.11. The van der Waals surface area contributed by atoms with Crippen molar-refractivity contribution in [2.24, 2.45) is 5.73 Å². The Kier molecular flexibility index (Phi) is 2.82. The highest BCUT2D eigenvalue weighted by molar-refractivity contribution is 6.42. The molecule has 80 valence electrons. The smallest absolute Gasteiger partial charge is 0.114 e. The van der Waals surface area contributed by atoms with Crippen LogP contribution < -0.4 is 5.73 Å². The van der Waals surface area contributed by atoms with Gasteiger partial charge in [0.2, 0.25) is 0 Å². The van der Waals surface area contributed by atoms with Gasteiger partial charge in [0.15, 0.2) is 0 Å². The average Bonchev–Trinajstić information content (AvgIpc) is 2.61. The second-order valence-corrected chi connectivity index (χ2v) is 4.19. The molecule has 0 aliphatic heterocycles. The monoisotopic (exact) mass is 244 g/mol. The minimum Gasteiger partial charge on any atom is -0.328 e. The summed E-state index contributed by atoms with van der Waals surface area (Å²) in [6, 6.07) is 3.55. The number of benzene rings is 1. The number of hydrogen-bond donors (Lipinski definition) is 1.